The summed E-state index contributed by atoms with van der Waals surface area (Å²) in [5, 5.41) is 15.2. The molecule has 178 valence electrons. The Bertz CT molecular complexity index is 1230. The summed E-state index contributed by atoms with van der Waals surface area (Å²) in [6.07, 6.45) is -4.48. The number of nitrogens with zero attached hydrogens (tertiary/aromatic N) is 5. The number of nitro benzene ring substituents is 1. The minimum Gasteiger partial charge on any atom is -0.338 e. The molecule has 0 saturated carbocycles. The van der Waals surface area contributed by atoms with Crippen molar-refractivity contribution in [2.45, 2.75) is 12.7 Å². The summed E-state index contributed by atoms with van der Waals surface area (Å²) in [4.78, 5) is 31.1. The number of carbonyl (C=O) groups is 1. The van der Waals surface area contributed by atoms with E-state index in [1.807, 2.05) is 4.90 Å². The summed E-state index contributed by atoms with van der Waals surface area (Å²) in [5.41, 5.74) is -1.01. The van der Waals surface area contributed by atoms with Gasteiger partial charge in [0.15, 0.2) is 0 Å². The molecule has 1 aliphatic heterocycles. The number of rotatable bonds is 5. The van der Waals surface area contributed by atoms with Gasteiger partial charge >= 0.3 is 6.18 Å². The third kappa shape index (κ3) is 5.18. The molecule has 1 aromatic heterocycles. The first-order chi connectivity index (χ1) is 16.1. The number of hydrogen-bond donors (Lipinski definition) is 0. The van der Waals surface area contributed by atoms with Crippen LogP contribution >= 0.6 is 11.6 Å². The Hall–Kier alpha value is -3.51. The van der Waals surface area contributed by atoms with Gasteiger partial charge in [-0.05, 0) is 24.3 Å². The molecule has 0 aliphatic carbocycles. The summed E-state index contributed by atoms with van der Waals surface area (Å²) < 4.78 is 44.0. The number of hydrogen-bond acceptors (Lipinski definition) is 7. The predicted molar refractivity (Wildman–Crippen MR) is 114 cm³/mol. The van der Waals surface area contributed by atoms with E-state index in [9.17, 15) is 28.1 Å². The number of nitro groups is 1. The van der Waals surface area contributed by atoms with E-state index in [0.29, 0.717) is 26.2 Å². The van der Waals surface area contributed by atoms with Gasteiger partial charge in [0.25, 0.3) is 11.6 Å². The van der Waals surface area contributed by atoms with Crippen LogP contribution in [0.1, 0.15) is 21.8 Å². The monoisotopic (exact) mass is 495 g/mol. The van der Waals surface area contributed by atoms with Crippen molar-refractivity contribution in [2.24, 2.45) is 0 Å². The van der Waals surface area contributed by atoms with Crippen molar-refractivity contribution in [1.82, 2.24) is 19.9 Å². The van der Waals surface area contributed by atoms with Crippen molar-refractivity contribution in [2.75, 3.05) is 26.2 Å². The molecule has 0 N–H and O–H groups in total. The Kier molecular flexibility index (Phi) is 6.53. The van der Waals surface area contributed by atoms with Crippen LogP contribution in [0.5, 0.6) is 0 Å². The molecule has 0 atom stereocenters. The normalized spacial score (nSPS) is 14.9. The van der Waals surface area contributed by atoms with Crippen molar-refractivity contribution in [3.05, 3.63) is 74.6 Å². The minimum atomic E-state index is -4.48. The molecule has 2 aromatic carbocycles. The molecule has 2 heterocycles. The number of amides is 1. The maximum atomic E-state index is 12.9. The van der Waals surface area contributed by atoms with Gasteiger partial charge in [-0.25, -0.2) is 0 Å². The fourth-order valence-corrected chi connectivity index (χ4v) is 3.75. The van der Waals surface area contributed by atoms with Crippen LogP contribution in [-0.2, 0) is 12.7 Å². The number of alkyl halides is 3. The van der Waals surface area contributed by atoms with Crippen LogP contribution in [-0.4, -0.2) is 56.9 Å². The zero-order valence-corrected chi connectivity index (χ0v) is 18.2. The molecule has 4 rings (SSSR count). The SMILES string of the molecule is O=C(c1cc(Cl)ccc1[N+](=O)[O-])N1CCN(Cc2nc(-c3cccc(C(F)(F)F)c3)no2)CC1. The molecule has 13 heteroatoms. The van der Waals surface area contributed by atoms with Gasteiger partial charge in [0.1, 0.15) is 5.56 Å². The number of piperazine rings is 1. The lowest BCUT2D eigenvalue weighted by atomic mass is 10.1. The maximum absolute atomic E-state index is 12.9. The summed E-state index contributed by atoms with van der Waals surface area (Å²) in [5.74, 6) is -0.223. The molecular weight excluding hydrogens is 479 g/mol. The van der Waals surface area contributed by atoms with E-state index in [1.54, 1.807) is 0 Å². The Morgan fingerprint density at radius 2 is 1.88 bits per heavy atom. The van der Waals surface area contributed by atoms with Gasteiger partial charge in [-0.1, -0.05) is 28.9 Å². The lowest BCUT2D eigenvalue weighted by Gasteiger charge is -2.33. The summed E-state index contributed by atoms with van der Waals surface area (Å²) in [6.45, 7) is 1.71. The average molecular weight is 496 g/mol. The van der Waals surface area contributed by atoms with Crippen LogP contribution in [0.4, 0.5) is 18.9 Å². The van der Waals surface area contributed by atoms with Gasteiger partial charge < -0.3 is 9.42 Å². The number of carbonyl (C=O) groups excluding carboxylic acids is 1. The molecule has 9 nitrogen and oxygen atoms in total. The fraction of sp³-hybridized carbons (Fsp3) is 0.286. The van der Waals surface area contributed by atoms with E-state index in [4.69, 9.17) is 16.1 Å². The van der Waals surface area contributed by atoms with Gasteiger partial charge in [-0.2, -0.15) is 18.2 Å². The van der Waals surface area contributed by atoms with E-state index >= 15 is 0 Å². The van der Waals surface area contributed by atoms with E-state index in [0.717, 1.165) is 12.1 Å². The fourth-order valence-electron chi connectivity index (χ4n) is 3.58. The molecule has 1 fully saturated rings. The lowest BCUT2D eigenvalue weighted by Crippen LogP contribution is -2.48. The second-order valence-corrected chi connectivity index (χ2v) is 8.01. The summed E-state index contributed by atoms with van der Waals surface area (Å²) >= 11 is 5.91. The van der Waals surface area contributed by atoms with Crippen LogP contribution in [0.25, 0.3) is 11.4 Å². The van der Waals surface area contributed by atoms with Gasteiger partial charge in [0.05, 0.1) is 17.0 Å². The van der Waals surface area contributed by atoms with Crippen molar-refractivity contribution in [3.8, 4) is 11.4 Å². The van der Waals surface area contributed by atoms with Crippen molar-refractivity contribution < 1.29 is 27.4 Å². The Labute approximate surface area is 195 Å². The highest BCUT2D eigenvalue weighted by Gasteiger charge is 2.31. The quantitative estimate of drug-likeness (QED) is 0.384. The predicted octanol–water partition coefficient (Wildman–Crippen LogP) is 4.28. The Morgan fingerprint density at radius 3 is 2.56 bits per heavy atom. The van der Waals surface area contributed by atoms with Crippen LogP contribution < -0.4 is 0 Å². The number of benzene rings is 2. The third-order valence-electron chi connectivity index (χ3n) is 5.32. The molecule has 1 amide bonds. The highest BCUT2D eigenvalue weighted by Crippen LogP contribution is 2.31. The van der Waals surface area contributed by atoms with E-state index < -0.39 is 22.6 Å². The smallest absolute Gasteiger partial charge is 0.338 e. The second-order valence-electron chi connectivity index (χ2n) is 7.58. The van der Waals surface area contributed by atoms with Gasteiger partial charge in [-0.3, -0.25) is 19.8 Å². The standard InChI is InChI=1S/C21H17ClF3N5O4/c22-15-4-5-17(30(32)33)16(11-15)20(31)29-8-6-28(7-9-29)12-18-26-19(27-34-18)13-2-1-3-14(10-13)21(23,24)25/h1-5,10-11H,6-9,12H2. The molecule has 1 saturated heterocycles. The van der Waals surface area contributed by atoms with Crippen LogP contribution in [0, 0.1) is 10.1 Å². The van der Waals surface area contributed by atoms with Crippen LogP contribution in [0.3, 0.4) is 0 Å². The Balaban J connectivity index is 1.39. The first kappa shape index (κ1) is 23.6. The van der Waals surface area contributed by atoms with Crippen LogP contribution in [0.2, 0.25) is 5.02 Å². The van der Waals surface area contributed by atoms with Crippen LogP contribution in [0.15, 0.2) is 47.0 Å². The second kappa shape index (κ2) is 9.39. The Morgan fingerprint density at radius 1 is 1.15 bits per heavy atom. The number of aromatic nitrogens is 2. The largest absolute Gasteiger partial charge is 0.416 e. The summed E-state index contributed by atoms with van der Waals surface area (Å²) in [6, 6.07) is 8.48. The highest BCUT2D eigenvalue weighted by atomic mass is 35.5. The highest BCUT2D eigenvalue weighted by molar-refractivity contribution is 6.31. The maximum Gasteiger partial charge on any atom is 0.416 e. The first-order valence-corrected chi connectivity index (χ1v) is 10.5. The van der Waals surface area contributed by atoms with E-state index in [-0.39, 0.29) is 40.1 Å². The summed E-state index contributed by atoms with van der Waals surface area (Å²) in [7, 11) is 0. The molecule has 34 heavy (non-hydrogen) atoms. The van der Waals surface area contributed by atoms with Crippen molar-refractivity contribution in [3.63, 3.8) is 0 Å². The zero-order chi connectivity index (χ0) is 24.5. The molecular formula is C21H17ClF3N5O4. The minimum absolute atomic E-state index is 0.0446. The third-order valence-corrected chi connectivity index (χ3v) is 5.56. The van der Waals surface area contributed by atoms with Gasteiger partial charge in [-0.15, -0.1) is 0 Å². The van der Waals surface area contributed by atoms with Crippen molar-refractivity contribution >= 4 is 23.2 Å². The molecule has 0 bridgehead atoms. The first-order valence-electron chi connectivity index (χ1n) is 10.1. The van der Waals surface area contributed by atoms with Gasteiger partial charge in [0.2, 0.25) is 11.7 Å². The van der Waals surface area contributed by atoms with Crippen molar-refractivity contribution in [1.29, 1.82) is 0 Å². The molecule has 3 aromatic rings. The topological polar surface area (TPSA) is 106 Å². The average Bonchev–Trinajstić information content (AvgIpc) is 3.27. The van der Waals surface area contributed by atoms with Gasteiger partial charge in [0, 0.05) is 42.8 Å². The zero-order valence-electron chi connectivity index (χ0n) is 17.5. The molecule has 0 unspecified atom stereocenters. The molecule has 0 radical (unpaired) electrons. The van der Waals surface area contributed by atoms with E-state index in [1.165, 1.54) is 35.2 Å². The molecule has 0 spiro atoms. The molecule has 1 aliphatic rings. The number of halogens is 4. The lowest BCUT2D eigenvalue weighted by molar-refractivity contribution is -0.385. The van der Waals surface area contributed by atoms with E-state index in [2.05, 4.69) is 10.1 Å².